The number of aryl methyl sites for hydroxylation is 1. The van der Waals surface area contributed by atoms with Gasteiger partial charge >= 0.3 is 5.97 Å². The number of carbonyl (C=O) groups excluding carboxylic acids is 1. The normalized spacial score (nSPS) is 10.0. The van der Waals surface area contributed by atoms with Gasteiger partial charge in [-0.1, -0.05) is 0 Å². The van der Waals surface area contributed by atoms with Crippen LogP contribution in [0.25, 0.3) is 0 Å². The van der Waals surface area contributed by atoms with Crippen molar-refractivity contribution in [2.45, 2.75) is 6.92 Å². The van der Waals surface area contributed by atoms with Gasteiger partial charge in [0.15, 0.2) is 5.82 Å². The summed E-state index contributed by atoms with van der Waals surface area (Å²) in [6.45, 7) is 2.16. The van der Waals surface area contributed by atoms with Gasteiger partial charge in [0.05, 0.1) is 6.61 Å². The van der Waals surface area contributed by atoms with Crippen LogP contribution in [0.3, 0.4) is 0 Å². The highest BCUT2D eigenvalue weighted by Crippen LogP contribution is 2.16. The van der Waals surface area contributed by atoms with Crippen LogP contribution in [-0.2, 0) is 11.8 Å². The molecule has 78 valence electrons. The first kappa shape index (κ1) is 10.6. The van der Waals surface area contributed by atoms with E-state index in [9.17, 15) is 4.79 Å². The number of rotatable bonds is 3. The van der Waals surface area contributed by atoms with Crippen molar-refractivity contribution < 1.29 is 9.53 Å². The second-order valence-corrected chi connectivity index (χ2v) is 3.15. The zero-order chi connectivity index (χ0) is 10.7. The van der Waals surface area contributed by atoms with Crippen molar-refractivity contribution in [2.75, 3.05) is 25.6 Å². The molecule has 0 saturated carbocycles. The fourth-order valence-electron chi connectivity index (χ4n) is 1.16. The fraction of sp³-hybridized carbons (Fsp3) is 0.556. The standard InChI is InChI=1S/C9H15N3O2/c1-5-14-9(13)7-6-12(4)10-8(7)11(2)3/h6H,5H2,1-4H3. The number of hydrogen-bond donors (Lipinski definition) is 0. The van der Waals surface area contributed by atoms with Gasteiger partial charge in [-0.25, -0.2) is 4.79 Å². The molecule has 1 aromatic heterocycles. The van der Waals surface area contributed by atoms with Crippen LogP contribution in [0.2, 0.25) is 0 Å². The lowest BCUT2D eigenvalue weighted by Crippen LogP contribution is -2.14. The van der Waals surface area contributed by atoms with Gasteiger partial charge < -0.3 is 9.64 Å². The second-order valence-electron chi connectivity index (χ2n) is 3.15. The maximum atomic E-state index is 11.5. The molecular formula is C9H15N3O2. The minimum Gasteiger partial charge on any atom is -0.462 e. The largest absolute Gasteiger partial charge is 0.462 e. The average molecular weight is 197 g/mol. The molecule has 0 saturated heterocycles. The van der Waals surface area contributed by atoms with E-state index in [1.165, 1.54) is 0 Å². The Morgan fingerprint density at radius 2 is 2.29 bits per heavy atom. The third-order valence-corrected chi connectivity index (χ3v) is 1.73. The maximum absolute atomic E-state index is 11.5. The Morgan fingerprint density at radius 3 is 2.79 bits per heavy atom. The molecular weight excluding hydrogens is 182 g/mol. The van der Waals surface area contributed by atoms with E-state index >= 15 is 0 Å². The van der Waals surface area contributed by atoms with Gasteiger partial charge in [0.2, 0.25) is 0 Å². The number of esters is 1. The third kappa shape index (κ3) is 2.04. The summed E-state index contributed by atoms with van der Waals surface area (Å²) < 4.78 is 6.51. The smallest absolute Gasteiger partial charge is 0.343 e. The van der Waals surface area contributed by atoms with Crippen LogP contribution in [0, 0.1) is 0 Å². The molecule has 14 heavy (non-hydrogen) atoms. The first-order valence-electron chi connectivity index (χ1n) is 4.44. The molecule has 0 aromatic carbocycles. The van der Waals surface area contributed by atoms with E-state index in [1.54, 1.807) is 29.7 Å². The van der Waals surface area contributed by atoms with Gasteiger partial charge in [0, 0.05) is 27.3 Å². The van der Waals surface area contributed by atoms with E-state index in [2.05, 4.69) is 5.10 Å². The topological polar surface area (TPSA) is 47.4 Å². The minimum atomic E-state index is -0.329. The summed E-state index contributed by atoms with van der Waals surface area (Å²) >= 11 is 0. The van der Waals surface area contributed by atoms with Crippen LogP contribution in [0.1, 0.15) is 17.3 Å². The maximum Gasteiger partial charge on any atom is 0.343 e. The van der Waals surface area contributed by atoms with Crippen molar-refractivity contribution in [1.82, 2.24) is 9.78 Å². The van der Waals surface area contributed by atoms with Crippen LogP contribution >= 0.6 is 0 Å². The van der Waals surface area contributed by atoms with Gasteiger partial charge in [-0.2, -0.15) is 5.10 Å². The molecule has 0 amide bonds. The van der Waals surface area contributed by atoms with Crippen LogP contribution in [0.5, 0.6) is 0 Å². The zero-order valence-electron chi connectivity index (χ0n) is 8.94. The highest BCUT2D eigenvalue weighted by atomic mass is 16.5. The lowest BCUT2D eigenvalue weighted by molar-refractivity contribution is 0.0527. The summed E-state index contributed by atoms with van der Waals surface area (Å²) in [5.41, 5.74) is 0.499. The first-order chi connectivity index (χ1) is 6.56. The SMILES string of the molecule is CCOC(=O)c1cn(C)nc1N(C)C. The third-order valence-electron chi connectivity index (χ3n) is 1.73. The van der Waals surface area contributed by atoms with E-state index < -0.39 is 0 Å². The molecule has 1 aromatic rings. The van der Waals surface area contributed by atoms with Gasteiger partial charge in [0.25, 0.3) is 0 Å². The Morgan fingerprint density at radius 1 is 1.64 bits per heavy atom. The monoisotopic (exact) mass is 197 g/mol. The van der Waals surface area contributed by atoms with Gasteiger partial charge in [-0.15, -0.1) is 0 Å². The molecule has 1 heterocycles. The summed E-state index contributed by atoms with van der Waals surface area (Å²) in [7, 11) is 5.45. The van der Waals surface area contributed by atoms with Crippen LogP contribution in [0.4, 0.5) is 5.82 Å². The molecule has 0 bridgehead atoms. The van der Waals surface area contributed by atoms with E-state index in [0.29, 0.717) is 18.0 Å². The van der Waals surface area contributed by atoms with E-state index in [-0.39, 0.29) is 5.97 Å². The Bertz CT molecular complexity index is 331. The molecule has 0 aliphatic heterocycles. The predicted octanol–water partition coefficient (Wildman–Crippen LogP) is 0.663. The number of hydrogen-bond acceptors (Lipinski definition) is 4. The first-order valence-corrected chi connectivity index (χ1v) is 4.44. The molecule has 5 heteroatoms. The van der Waals surface area contributed by atoms with Crippen molar-refractivity contribution in [3.05, 3.63) is 11.8 Å². The molecule has 0 aliphatic carbocycles. The van der Waals surface area contributed by atoms with Gasteiger partial charge in [-0.05, 0) is 6.92 Å². The van der Waals surface area contributed by atoms with E-state index in [4.69, 9.17) is 4.74 Å². The lowest BCUT2D eigenvalue weighted by atomic mass is 10.3. The molecule has 0 unspecified atom stereocenters. The summed E-state index contributed by atoms with van der Waals surface area (Å²) in [6.07, 6.45) is 1.66. The molecule has 0 radical (unpaired) electrons. The van der Waals surface area contributed by atoms with Crippen LogP contribution < -0.4 is 4.90 Å². The molecule has 0 atom stereocenters. The summed E-state index contributed by atoms with van der Waals surface area (Å²) in [6, 6.07) is 0. The van der Waals surface area contributed by atoms with E-state index in [0.717, 1.165) is 0 Å². The average Bonchev–Trinajstić information content (AvgIpc) is 2.48. The van der Waals surface area contributed by atoms with E-state index in [1.807, 2.05) is 14.1 Å². The molecule has 0 fully saturated rings. The number of ether oxygens (including phenoxy) is 1. The van der Waals surface area contributed by atoms with Crippen molar-refractivity contribution in [3.63, 3.8) is 0 Å². The minimum absolute atomic E-state index is 0.329. The number of nitrogens with zero attached hydrogens (tertiary/aromatic N) is 3. The Balaban J connectivity index is 3.00. The van der Waals surface area contributed by atoms with Gasteiger partial charge in [-0.3, -0.25) is 4.68 Å². The quantitative estimate of drug-likeness (QED) is 0.668. The molecule has 0 spiro atoms. The van der Waals surface area contributed by atoms with Crippen molar-refractivity contribution in [3.8, 4) is 0 Å². The Kier molecular flexibility index (Phi) is 3.11. The lowest BCUT2D eigenvalue weighted by Gasteiger charge is -2.09. The van der Waals surface area contributed by atoms with Crippen molar-refractivity contribution >= 4 is 11.8 Å². The van der Waals surface area contributed by atoms with Crippen molar-refractivity contribution in [2.24, 2.45) is 7.05 Å². The second kappa shape index (κ2) is 4.13. The van der Waals surface area contributed by atoms with Gasteiger partial charge in [0.1, 0.15) is 5.56 Å². The number of carbonyl (C=O) groups is 1. The highest BCUT2D eigenvalue weighted by Gasteiger charge is 2.17. The Hall–Kier alpha value is -1.52. The zero-order valence-corrected chi connectivity index (χ0v) is 8.94. The number of anilines is 1. The summed E-state index contributed by atoms with van der Waals surface area (Å²) in [5, 5.41) is 4.16. The highest BCUT2D eigenvalue weighted by molar-refractivity contribution is 5.94. The predicted molar refractivity (Wildman–Crippen MR) is 53.5 cm³/mol. The fourth-order valence-corrected chi connectivity index (χ4v) is 1.16. The Labute approximate surface area is 83.3 Å². The molecule has 5 nitrogen and oxygen atoms in total. The number of aromatic nitrogens is 2. The van der Waals surface area contributed by atoms with Crippen LogP contribution in [0.15, 0.2) is 6.20 Å². The summed E-state index contributed by atoms with van der Waals surface area (Å²) in [4.78, 5) is 13.3. The van der Waals surface area contributed by atoms with Crippen LogP contribution in [-0.4, -0.2) is 36.5 Å². The summed E-state index contributed by atoms with van der Waals surface area (Å²) in [5.74, 6) is 0.301. The molecule has 1 rings (SSSR count). The molecule has 0 N–H and O–H groups in total. The molecule has 0 aliphatic rings. The van der Waals surface area contributed by atoms with Crippen molar-refractivity contribution in [1.29, 1.82) is 0 Å².